The van der Waals surface area contributed by atoms with E-state index >= 15 is 0 Å². The lowest BCUT2D eigenvalue weighted by Gasteiger charge is -2.00. The average Bonchev–Trinajstić information content (AvgIpc) is 2.26. The molecule has 1 aromatic carbocycles. The number of hydrogen-bond acceptors (Lipinski definition) is 4. The molecule has 1 aromatic rings. The molecule has 5 heteroatoms. The molecule has 0 amide bonds. The van der Waals surface area contributed by atoms with E-state index in [0.717, 1.165) is 5.56 Å². The van der Waals surface area contributed by atoms with Crippen molar-refractivity contribution in [1.82, 2.24) is 0 Å². The van der Waals surface area contributed by atoms with Gasteiger partial charge in [-0.15, -0.1) is 0 Å². The summed E-state index contributed by atoms with van der Waals surface area (Å²) >= 11 is 0. The zero-order valence-electron chi connectivity index (χ0n) is 7.60. The van der Waals surface area contributed by atoms with Gasteiger partial charge in [-0.2, -0.15) is 0 Å². The van der Waals surface area contributed by atoms with Crippen LogP contribution in [0.5, 0.6) is 0 Å². The Kier molecular flexibility index (Phi) is 4.23. The van der Waals surface area contributed by atoms with Gasteiger partial charge in [0.2, 0.25) is 0 Å². The zero-order chi connectivity index (χ0) is 10.4. The van der Waals surface area contributed by atoms with Crippen molar-refractivity contribution >= 4 is 14.7 Å². The Hall–Kier alpha value is -1.25. The predicted octanol–water partition coefficient (Wildman–Crippen LogP) is 2.20. The van der Waals surface area contributed by atoms with Gasteiger partial charge >= 0.3 is 14.7 Å². The number of hydrogen-bond donors (Lipinski definition) is 0. The fourth-order valence-corrected chi connectivity index (χ4v) is 1.16. The monoisotopic (exact) mass is 212 g/mol. The first-order chi connectivity index (χ1) is 6.77. The number of methoxy groups -OCH3 is 1. The van der Waals surface area contributed by atoms with Gasteiger partial charge in [-0.05, 0) is 17.7 Å². The fourth-order valence-electron chi connectivity index (χ4n) is 0.956. The minimum absolute atomic E-state index is 0.256. The van der Waals surface area contributed by atoms with Gasteiger partial charge in [0.15, 0.2) is 0 Å². The van der Waals surface area contributed by atoms with Gasteiger partial charge in [-0.25, -0.2) is 9.36 Å². The maximum absolute atomic E-state index is 11.0. The summed E-state index contributed by atoms with van der Waals surface area (Å²) in [4.78, 5) is 11.0. The number of rotatable bonds is 4. The maximum atomic E-state index is 11.0. The van der Waals surface area contributed by atoms with Crippen LogP contribution in [0.15, 0.2) is 24.3 Å². The van der Waals surface area contributed by atoms with Crippen molar-refractivity contribution in [1.29, 1.82) is 0 Å². The quantitative estimate of drug-likeness (QED) is 0.567. The van der Waals surface area contributed by atoms with Crippen LogP contribution in [-0.2, 0) is 20.4 Å². The molecule has 0 unspecified atom stereocenters. The molecule has 0 saturated carbocycles. The van der Waals surface area contributed by atoms with Crippen molar-refractivity contribution in [3.05, 3.63) is 35.4 Å². The molecule has 0 N–H and O–H groups in total. The van der Waals surface area contributed by atoms with E-state index in [-0.39, 0.29) is 21.3 Å². The molecule has 0 spiro atoms. The largest absolute Gasteiger partial charge is 0.465 e. The third-order valence-electron chi connectivity index (χ3n) is 1.66. The lowest BCUT2D eigenvalue weighted by Crippen LogP contribution is -2.00. The summed E-state index contributed by atoms with van der Waals surface area (Å²) in [6, 6.07) is 6.70. The van der Waals surface area contributed by atoms with Gasteiger partial charge in [0.25, 0.3) is 0 Å². The molecule has 1 rings (SSSR count). The molecular weight excluding hydrogens is 203 g/mol. The number of ether oxygens (including phenoxy) is 1. The lowest BCUT2D eigenvalue weighted by atomic mass is 10.1. The summed E-state index contributed by atoms with van der Waals surface area (Å²) in [7, 11) is 0.981. The Labute approximate surface area is 83.1 Å². The SMILES string of the molecule is COC(=O)c1ccc(COP=O)cc1. The Morgan fingerprint density at radius 3 is 2.50 bits per heavy atom. The zero-order valence-corrected chi connectivity index (χ0v) is 8.49. The van der Waals surface area contributed by atoms with Gasteiger partial charge < -0.3 is 4.74 Å². The van der Waals surface area contributed by atoms with Crippen molar-refractivity contribution in [2.24, 2.45) is 0 Å². The number of carbonyl (C=O) groups excluding carboxylic acids is 1. The molecule has 4 nitrogen and oxygen atoms in total. The highest BCUT2D eigenvalue weighted by molar-refractivity contribution is 7.17. The van der Waals surface area contributed by atoms with Gasteiger partial charge in [-0.3, -0.25) is 4.52 Å². The second-order valence-electron chi connectivity index (χ2n) is 2.54. The summed E-state index contributed by atoms with van der Waals surface area (Å²) in [5, 5.41) is 0. The highest BCUT2D eigenvalue weighted by atomic mass is 31.1. The first-order valence-electron chi connectivity index (χ1n) is 3.90. The van der Waals surface area contributed by atoms with Crippen LogP contribution in [0.1, 0.15) is 15.9 Å². The second kappa shape index (κ2) is 5.47. The molecule has 0 aliphatic rings. The molecule has 14 heavy (non-hydrogen) atoms. The van der Waals surface area contributed by atoms with E-state index in [0.29, 0.717) is 5.56 Å². The van der Waals surface area contributed by atoms with Crippen LogP contribution in [0, 0.1) is 0 Å². The normalized spacial score (nSPS) is 10.1. The van der Waals surface area contributed by atoms with Crippen LogP contribution in [0.3, 0.4) is 0 Å². The Bertz CT molecular complexity index is 320. The van der Waals surface area contributed by atoms with E-state index < -0.39 is 0 Å². The van der Waals surface area contributed by atoms with E-state index in [1.165, 1.54) is 7.11 Å². The van der Waals surface area contributed by atoms with Crippen molar-refractivity contribution in [3.63, 3.8) is 0 Å². The third kappa shape index (κ3) is 2.91. The third-order valence-corrected chi connectivity index (χ3v) is 1.89. The number of benzene rings is 1. The predicted molar refractivity (Wildman–Crippen MR) is 50.2 cm³/mol. The number of esters is 1. The minimum Gasteiger partial charge on any atom is -0.465 e. The smallest absolute Gasteiger partial charge is 0.337 e. The molecule has 0 aliphatic carbocycles. The summed E-state index contributed by atoms with van der Waals surface area (Å²) in [6.45, 7) is 0.256. The highest BCUT2D eigenvalue weighted by Crippen LogP contribution is 2.09. The lowest BCUT2D eigenvalue weighted by molar-refractivity contribution is 0.0600. The van der Waals surface area contributed by atoms with Crippen LogP contribution < -0.4 is 0 Å². The van der Waals surface area contributed by atoms with E-state index in [1.807, 2.05) is 0 Å². The van der Waals surface area contributed by atoms with E-state index in [2.05, 4.69) is 9.26 Å². The molecule has 0 heterocycles. The molecule has 0 radical (unpaired) electrons. The molecule has 74 valence electrons. The van der Waals surface area contributed by atoms with Crippen molar-refractivity contribution in [3.8, 4) is 0 Å². The Morgan fingerprint density at radius 2 is 2.00 bits per heavy atom. The topological polar surface area (TPSA) is 52.6 Å². The van der Waals surface area contributed by atoms with Crippen LogP contribution in [0.2, 0.25) is 0 Å². The van der Waals surface area contributed by atoms with E-state index in [1.54, 1.807) is 24.3 Å². The van der Waals surface area contributed by atoms with Gasteiger partial charge in [0.1, 0.15) is 0 Å². The Morgan fingerprint density at radius 1 is 1.36 bits per heavy atom. The molecule has 0 saturated heterocycles. The maximum Gasteiger partial charge on any atom is 0.337 e. The summed E-state index contributed by atoms with van der Waals surface area (Å²) in [5.74, 6) is -0.376. The summed E-state index contributed by atoms with van der Waals surface area (Å²) in [5.41, 5.74) is 1.33. The van der Waals surface area contributed by atoms with Gasteiger partial charge in [-0.1, -0.05) is 12.1 Å². The van der Waals surface area contributed by atoms with E-state index in [9.17, 15) is 9.36 Å². The van der Waals surface area contributed by atoms with Crippen molar-refractivity contribution < 1.29 is 18.6 Å². The molecule has 0 fully saturated rings. The fraction of sp³-hybridized carbons (Fsp3) is 0.222. The first kappa shape index (κ1) is 10.8. The summed E-state index contributed by atoms with van der Waals surface area (Å²) < 4.78 is 19.2. The molecule has 0 atom stereocenters. The highest BCUT2D eigenvalue weighted by Gasteiger charge is 2.03. The van der Waals surface area contributed by atoms with Gasteiger partial charge in [0, 0.05) is 0 Å². The minimum atomic E-state index is -0.376. The standard InChI is InChI=1S/C9H9O4P/c1-12-9(10)8-4-2-7(3-5-8)6-13-14-11/h2-5H,6H2,1H3. The average molecular weight is 212 g/mol. The van der Waals surface area contributed by atoms with Crippen LogP contribution in [0.4, 0.5) is 0 Å². The van der Waals surface area contributed by atoms with Crippen LogP contribution >= 0.6 is 8.69 Å². The molecule has 0 aliphatic heterocycles. The van der Waals surface area contributed by atoms with Gasteiger partial charge in [0.05, 0.1) is 19.3 Å². The van der Waals surface area contributed by atoms with Crippen LogP contribution in [0.25, 0.3) is 0 Å². The first-order valence-corrected chi connectivity index (χ1v) is 4.63. The second-order valence-corrected chi connectivity index (χ2v) is 2.94. The molecular formula is C9H9O4P. The Balaban J connectivity index is 2.68. The van der Waals surface area contributed by atoms with Crippen molar-refractivity contribution in [2.75, 3.05) is 7.11 Å². The van der Waals surface area contributed by atoms with Crippen LogP contribution in [-0.4, -0.2) is 13.1 Å². The van der Waals surface area contributed by atoms with Crippen molar-refractivity contribution in [2.45, 2.75) is 6.61 Å². The molecule has 0 aromatic heterocycles. The molecule has 0 bridgehead atoms. The van der Waals surface area contributed by atoms with E-state index in [4.69, 9.17) is 0 Å². The number of carbonyl (C=O) groups is 1. The summed E-state index contributed by atoms with van der Waals surface area (Å²) in [6.07, 6.45) is 0.